The molecular formula is C39H44BrF2N3O2. The zero-order valence-electron chi connectivity index (χ0n) is 27.5. The van der Waals surface area contributed by atoms with Gasteiger partial charge in [0.2, 0.25) is 5.82 Å². The molecule has 0 spiro atoms. The Kier molecular flexibility index (Phi) is 9.36. The van der Waals surface area contributed by atoms with Gasteiger partial charge in [-0.1, -0.05) is 59.8 Å². The molecular weight excluding hydrogens is 660 g/mol. The highest BCUT2D eigenvalue weighted by atomic mass is 79.9. The first-order valence-electron chi connectivity index (χ1n) is 16.7. The van der Waals surface area contributed by atoms with Crippen LogP contribution in [0.15, 0.2) is 71.4 Å². The lowest BCUT2D eigenvalue weighted by atomic mass is 9.56. The highest BCUT2D eigenvalue weighted by molar-refractivity contribution is 9.11. The molecule has 5 aliphatic carbocycles. The molecule has 2 N–H and O–H groups in total. The standard InChI is InChI=1S/C39H44BrF2N3O2/c1-24(2)31-20-32(34(41)35(42)36(31)47-22-26-6-8-27(9-7-26)30-12-5-25(30)3)37(46)44-23-38-13-16-39(17-14-38,18-15-38)45(4)21-28-10-11-29(40)19-33(28)43/h6-11,19-21,25,30,43H,1,5,12-18,22-23H2,2-4H3,(H,44,46)/b28-21-,43-33?. The lowest BCUT2D eigenvalue weighted by Gasteiger charge is -2.57. The summed E-state index contributed by atoms with van der Waals surface area (Å²) in [6, 6.07) is 9.50. The maximum atomic E-state index is 15.5. The minimum absolute atomic E-state index is 0.0178. The summed E-state index contributed by atoms with van der Waals surface area (Å²) >= 11 is 3.43. The number of halogens is 3. The fourth-order valence-corrected chi connectivity index (χ4v) is 8.16. The number of amides is 1. The molecule has 8 heteroatoms. The zero-order valence-corrected chi connectivity index (χ0v) is 29.1. The van der Waals surface area contributed by atoms with Crippen LogP contribution in [-0.2, 0) is 6.61 Å². The Morgan fingerprint density at radius 1 is 1.09 bits per heavy atom. The van der Waals surface area contributed by atoms with Crippen LogP contribution in [0.2, 0.25) is 0 Å². The number of carbonyl (C=O) groups is 1. The fraction of sp³-hybridized carbons (Fsp3) is 0.436. The molecule has 0 radical (unpaired) electrons. The van der Waals surface area contributed by atoms with Gasteiger partial charge in [-0.3, -0.25) is 4.79 Å². The van der Waals surface area contributed by atoms with E-state index in [4.69, 9.17) is 10.1 Å². The van der Waals surface area contributed by atoms with Crippen molar-refractivity contribution in [2.24, 2.45) is 11.3 Å². The summed E-state index contributed by atoms with van der Waals surface area (Å²) in [5.41, 5.74) is 3.90. The largest absolute Gasteiger partial charge is 0.485 e. The Morgan fingerprint density at radius 2 is 1.77 bits per heavy atom. The number of hydrogen-bond acceptors (Lipinski definition) is 4. The van der Waals surface area contributed by atoms with Crippen molar-refractivity contribution in [2.45, 2.75) is 83.3 Å². The van der Waals surface area contributed by atoms with E-state index in [-0.39, 0.29) is 34.4 Å². The van der Waals surface area contributed by atoms with Gasteiger partial charge in [-0.05, 0) is 110 Å². The van der Waals surface area contributed by atoms with Gasteiger partial charge in [-0.25, -0.2) is 4.39 Å². The second-order valence-electron chi connectivity index (χ2n) is 14.3. The first-order valence-corrected chi connectivity index (χ1v) is 17.5. The molecule has 5 nitrogen and oxygen atoms in total. The number of rotatable bonds is 10. The lowest BCUT2D eigenvalue weighted by Crippen LogP contribution is -2.56. The molecule has 0 saturated heterocycles. The molecule has 5 aliphatic rings. The third kappa shape index (κ3) is 6.63. The van der Waals surface area contributed by atoms with E-state index in [1.54, 1.807) is 13.0 Å². The van der Waals surface area contributed by atoms with Crippen LogP contribution < -0.4 is 10.1 Å². The van der Waals surface area contributed by atoms with Crippen molar-refractivity contribution in [1.82, 2.24) is 10.2 Å². The van der Waals surface area contributed by atoms with Crippen LogP contribution >= 0.6 is 15.9 Å². The highest BCUT2D eigenvalue weighted by Crippen LogP contribution is 2.54. The number of hydrogen-bond donors (Lipinski definition) is 2. The molecule has 4 fully saturated rings. The minimum Gasteiger partial charge on any atom is -0.485 e. The molecule has 47 heavy (non-hydrogen) atoms. The summed E-state index contributed by atoms with van der Waals surface area (Å²) in [6.07, 6.45) is 15.9. The van der Waals surface area contributed by atoms with Gasteiger partial charge in [-0.15, -0.1) is 0 Å². The molecule has 7 rings (SSSR count). The molecule has 1 amide bonds. The monoisotopic (exact) mass is 703 g/mol. The predicted molar refractivity (Wildman–Crippen MR) is 188 cm³/mol. The van der Waals surface area contributed by atoms with Gasteiger partial charge in [0.15, 0.2) is 11.6 Å². The van der Waals surface area contributed by atoms with Gasteiger partial charge in [0.05, 0.1) is 11.3 Å². The SMILES string of the molecule is C=C(C)c1cc(C(=O)NCC23CCC(N(C)/C=C4/C=CC(Br)=CC4=N)(CC2)CC3)c(F)c(F)c1OCc1ccc(C2CCC2C)cc1. The molecule has 2 unspecified atom stereocenters. The van der Waals surface area contributed by atoms with Crippen LogP contribution in [0.1, 0.15) is 98.2 Å². The number of benzene rings is 2. The van der Waals surface area contributed by atoms with Crippen molar-refractivity contribution in [3.05, 3.63) is 105 Å². The quantitative estimate of drug-likeness (QED) is 0.259. The van der Waals surface area contributed by atoms with E-state index in [1.807, 2.05) is 24.3 Å². The number of carbonyl (C=O) groups excluding carboxylic acids is 1. The summed E-state index contributed by atoms with van der Waals surface area (Å²) in [5, 5.41) is 11.3. The lowest BCUT2D eigenvalue weighted by molar-refractivity contribution is -0.0222. The van der Waals surface area contributed by atoms with Gasteiger partial charge in [0.1, 0.15) is 6.61 Å². The summed E-state index contributed by atoms with van der Waals surface area (Å²) in [4.78, 5) is 15.6. The topological polar surface area (TPSA) is 65.4 Å². The maximum Gasteiger partial charge on any atom is 0.254 e. The Balaban J connectivity index is 1.09. The maximum absolute atomic E-state index is 15.5. The van der Waals surface area contributed by atoms with Crippen molar-refractivity contribution in [3.63, 3.8) is 0 Å². The Bertz CT molecular complexity index is 1670. The van der Waals surface area contributed by atoms with Gasteiger partial charge in [0.25, 0.3) is 5.91 Å². The van der Waals surface area contributed by atoms with E-state index < -0.39 is 17.5 Å². The van der Waals surface area contributed by atoms with Crippen molar-refractivity contribution < 1.29 is 18.3 Å². The number of nitrogens with zero attached hydrogens (tertiary/aromatic N) is 1. The van der Waals surface area contributed by atoms with Crippen molar-refractivity contribution in [3.8, 4) is 5.75 Å². The molecule has 0 heterocycles. The molecule has 4 saturated carbocycles. The molecule has 2 aromatic rings. The zero-order chi connectivity index (χ0) is 33.5. The Morgan fingerprint density at radius 3 is 2.34 bits per heavy atom. The van der Waals surface area contributed by atoms with Crippen LogP contribution in [-0.4, -0.2) is 35.7 Å². The average Bonchev–Trinajstić information content (AvgIpc) is 3.06. The summed E-state index contributed by atoms with van der Waals surface area (Å²) < 4.78 is 37.7. The van der Waals surface area contributed by atoms with E-state index in [2.05, 4.69) is 65.0 Å². The van der Waals surface area contributed by atoms with Crippen molar-refractivity contribution >= 4 is 33.1 Å². The second kappa shape index (κ2) is 13.2. The van der Waals surface area contributed by atoms with Gasteiger partial charge in [0, 0.05) is 41.0 Å². The Hall–Kier alpha value is -3.52. The highest BCUT2D eigenvalue weighted by Gasteiger charge is 2.50. The summed E-state index contributed by atoms with van der Waals surface area (Å²) in [7, 11) is 2.09. The number of nitrogens with one attached hydrogen (secondary N) is 2. The van der Waals surface area contributed by atoms with Crippen LogP contribution in [0, 0.1) is 28.4 Å². The van der Waals surface area contributed by atoms with Crippen LogP contribution in [0.3, 0.4) is 0 Å². The van der Waals surface area contributed by atoms with Crippen LogP contribution in [0.25, 0.3) is 5.57 Å². The fourth-order valence-electron chi connectivity index (χ4n) is 7.80. The minimum atomic E-state index is -1.21. The van der Waals surface area contributed by atoms with E-state index in [0.29, 0.717) is 29.7 Å². The van der Waals surface area contributed by atoms with E-state index in [9.17, 15) is 4.79 Å². The normalized spacial score (nSPS) is 27.3. The first-order chi connectivity index (χ1) is 22.4. The number of fused-ring (bicyclic) bond motifs is 3. The van der Waals surface area contributed by atoms with Gasteiger partial charge in [-0.2, -0.15) is 4.39 Å². The number of allylic oxidation sites excluding steroid dienone is 6. The van der Waals surface area contributed by atoms with E-state index >= 15 is 8.78 Å². The molecule has 2 atom stereocenters. The summed E-state index contributed by atoms with van der Waals surface area (Å²) in [5.74, 6) is -1.96. The predicted octanol–water partition coefficient (Wildman–Crippen LogP) is 9.60. The van der Waals surface area contributed by atoms with Crippen LogP contribution in [0.5, 0.6) is 5.75 Å². The molecule has 2 bridgehead atoms. The van der Waals surface area contributed by atoms with Crippen LogP contribution in [0.4, 0.5) is 8.78 Å². The first kappa shape index (κ1) is 33.4. The van der Waals surface area contributed by atoms with E-state index in [0.717, 1.165) is 54.1 Å². The third-order valence-corrected chi connectivity index (χ3v) is 11.9. The third-order valence-electron chi connectivity index (χ3n) is 11.4. The van der Waals surface area contributed by atoms with Gasteiger partial charge < -0.3 is 20.4 Å². The van der Waals surface area contributed by atoms with Crippen molar-refractivity contribution in [2.75, 3.05) is 13.6 Å². The molecule has 248 valence electrons. The van der Waals surface area contributed by atoms with Gasteiger partial charge >= 0.3 is 0 Å². The Labute approximate surface area is 285 Å². The van der Waals surface area contributed by atoms with Crippen molar-refractivity contribution in [1.29, 1.82) is 5.41 Å². The second-order valence-corrected chi connectivity index (χ2v) is 15.2. The smallest absolute Gasteiger partial charge is 0.254 e. The number of ether oxygens (including phenoxy) is 1. The van der Waals surface area contributed by atoms with E-state index in [1.165, 1.54) is 24.5 Å². The average molecular weight is 705 g/mol. The summed E-state index contributed by atoms with van der Waals surface area (Å²) in [6.45, 7) is 8.40. The molecule has 0 aliphatic heterocycles. The molecule has 2 aromatic carbocycles. The molecule has 0 aromatic heterocycles.